The number of aryl methyl sites for hydroxylation is 1. The van der Waals surface area contributed by atoms with Gasteiger partial charge in [-0.3, -0.25) is 0 Å². The lowest BCUT2D eigenvalue weighted by Crippen LogP contribution is -2.17. The molecule has 2 aromatic carbocycles. The molecule has 0 saturated carbocycles. The average Bonchev–Trinajstić information content (AvgIpc) is 2.63. The molecule has 0 spiro atoms. The van der Waals surface area contributed by atoms with Crippen LogP contribution in [0.1, 0.15) is 18.1 Å². The Bertz CT molecular complexity index is 786. The van der Waals surface area contributed by atoms with Gasteiger partial charge < -0.3 is 10.2 Å². The lowest BCUT2D eigenvalue weighted by molar-refractivity contribution is 0.971. The van der Waals surface area contributed by atoms with Gasteiger partial charge in [-0.05, 0) is 37.1 Å². The van der Waals surface area contributed by atoms with Crippen LogP contribution in [0.5, 0.6) is 0 Å². The minimum Gasteiger partial charge on any atom is -0.366 e. The van der Waals surface area contributed by atoms with Gasteiger partial charge in [0.2, 0.25) is 0 Å². The first kappa shape index (κ1) is 16.0. The SMILES string of the molecule is CCN(c1ccccc1)c1cc(NCc2ccccc2C)ncn1. The Labute approximate surface area is 143 Å². The molecule has 0 fully saturated rings. The number of anilines is 3. The fourth-order valence-corrected chi connectivity index (χ4v) is 2.67. The molecule has 0 bridgehead atoms. The monoisotopic (exact) mass is 318 g/mol. The van der Waals surface area contributed by atoms with Crippen LogP contribution in [0.25, 0.3) is 0 Å². The Hall–Kier alpha value is -2.88. The molecule has 0 aliphatic heterocycles. The quantitative estimate of drug-likeness (QED) is 0.723. The van der Waals surface area contributed by atoms with Crippen LogP contribution in [-0.2, 0) is 6.54 Å². The zero-order chi connectivity index (χ0) is 16.8. The van der Waals surface area contributed by atoms with Gasteiger partial charge in [0, 0.05) is 24.8 Å². The Kier molecular flexibility index (Phi) is 5.06. The number of nitrogens with zero attached hydrogens (tertiary/aromatic N) is 3. The van der Waals surface area contributed by atoms with Gasteiger partial charge in [0.15, 0.2) is 0 Å². The average molecular weight is 318 g/mol. The predicted molar refractivity (Wildman–Crippen MR) is 99.7 cm³/mol. The molecular weight excluding hydrogens is 296 g/mol. The van der Waals surface area contributed by atoms with Gasteiger partial charge >= 0.3 is 0 Å². The van der Waals surface area contributed by atoms with Crippen molar-refractivity contribution in [3.8, 4) is 0 Å². The van der Waals surface area contributed by atoms with E-state index < -0.39 is 0 Å². The first-order chi connectivity index (χ1) is 11.8. The summed E-state index contributed by atoms with van der Waals surface area (Å²) >= 11 is 0. The van der Waals surface area contributed by atoms with E-state index in [1.807, 2.05) is 24.3 Å². The zero-order valence-corrected chi connectivity index (χ0v) is 14.1. The molecular formula is C20H22N4. The van der Waals surface area contributed by atoms with Crippen molar-refractivity contribution in [2.45, 2.75) is 20.4 Å². The third-order valence-electron chi connectivity index (χ3n) is 4.03. The van der Waals surface area contributed by atoms with E-state index in [0.717, 1.165) is 30.4 Å². The van der Waals surface area contributed by atoms with Crippen LogP contribution in [0, 0.1) is 6.92 Å². The summed E-state index contributed by atoms with van der Waals surface area (Å²) in [4.78, 5) is 10.9. The molecule has 0 atom stereocenters. The van der Waals surface area contributed by atoms with Gasteiger partial charge in [-0.25, -0.2) is 9.97 Å². The lowest BCUT2D eigenvalue weighted by Gasteiger charge is -2.22. The molecule has 0 aliphatic carbocycles. The van der Waals surface area contributed by atoms with Crippen molar-refractivity contribution in [1.29, 1.82) is 0 Å². The fourth-order valence-electron chi connectivity index (χ4n) is 2.67. The van der Waals surface area contributed by atoms with Crippen molar-refractivity contribution in [3.63, 3.8) is 0 Å². The molecule has 1 N–H and O–H groups in total. The number of rotatable bonds is 6. The van der Waals surface area contributed by atoms with Crippen LogP contribution in [0.2, 0.25) is 0 Å². The number of para-hydroxylation sites is 1. The number of aromatic nitrogens is 2. The second-order valence-corrected chi connectivity index (χ2v) is 5.62. The first-order valence-electron chi connectivity index (χ1n) is 8.21. The highest BCUT2D eigenvalue weighted by molar-refractivity contribution is 5.62. The zero-order valence-electron chi connectivity index (χ0n) is 14.1. The van der Waals surface area contributed by atoms with Gasteiger partial charge in [0.25, 0.3) is 0 Å². The molecule has 0 saturated heterocycles. The molecule has 3 aromatic rings. The molecule has 4 nitrogen and oxygen atoms in total. The van der Waals surface area contributed by atoms with E-state index in [9.17, 15) is 0 Å². The summed E-state index contributed by atoms with van der Waals surface area (Å²) in [7, 11) is 0. The van der Waals surface area contributed by atoms with Crippen molar-refractivity contribution < 1.29 is 0 Å². The van der Waals surface area contributed by atoms with Crippen LogP contribution in [-0.4, -0.2) is 16.5 Å². The molecule has 1 heterocycles. The second kappa shape index (κ2) is 7.59. The molecule has 0 unspecified atom stereocenters. The van der Waals surface area contributed by atoms with Crippen molar-refractivity contribution >= 4 is 17.3 Å². The molecule has 24 heavy (non-hydrogen) atoms. The second-order valence-electron chi connectivity index (χ2n) is 5.62. The predicted octanol–water partition coefficient (Wildman–Crippen LogP) is 4.56. The van der Waals surface area contributed by atoms with Gasteiger partial charge in [-0.2, -0.15) is 0 Å². The van der Waals surface area contributed by atoms with Crippen molar-refractivity contribution in [3.05, 3.63) is 78.1 Å². The maximum Gasteiger partial charge on any atom is 0.138 e. The number of nitrogens with one attached hydrogen (secondary N) is 1. The van der Waals surface area contributed by atoms with Crippen LogP contribution < -0.4 is 10.2 Å². The highest BCUT2D eigenvalue weighted by Crippen LogP contribution is 2.24. The first-order valence-corrected chi connectivity index (χ1v) is 8.21. The van der Waals surface area contributed by atoms with Crippen molar-refractivity contribution in [1.82, 2.24) is 9.97 Å². The van der Waals surface area contributed by atoms with Crippen molar-refractivity contribution in [2.24, 2.45) is 0 Å². The van der Waals surface area contributed by atoms with Crippen LogP contribution >= 0.6 is 0 Å². The maximum absolute atomic E-state index is 4.43. The minimum absolute atomic E-state index is 0.751. The summed E-state index contributed by atoms with van der Waals surface area (Å²) in [5.74, 6) is 1.73. The van der Waals surface area contributed by atoms with Gasteiger partial charge in [-0.1, -0.05) is 42.5 Å². The largest absolute Gasteiger partial charge is 0.366 e. The highest BCUT2D eigenvalue weighted by Gasteiger charge is 2.09. The molecule has 0 radical (unpaired) electrons. The Morgan fingerprint density at radius 1 is 0.958 bits per heavy atom. The van der Waals surface area contributed by atoms with E-state index in [2.05, 4.69) is 70.4 Å². The van der Waals surface area contributed by atoms with Gasteiger partial charge in [0.1, 0.15) is 18.0 Å². The molecule has 1 aromatic heterocycles. The molecule has 3 rings (SSSR count). The van der Waals surface area contributed by atoms with Crippen LogP contribution in [0.4, 0.5) is 17.3 Å². The molecule has 122 valence electrons. The molecule has 0 aliphatic rings. The third kappa shape index (κ3) is 3.71. The summed E-state index contributed by atoms with van der Waals surface area (Å²) in [6.07, 6.45) is 1.61. The van der Waals surface area contributed by atoms with E-state index in [1.165, 1.54) is 11.1 Å². The summed E-state index contributed by atoms with van der Waals surface area (Å²) < 4.78 is 0. The van der Waals surface area contributed by atoms with E-state index >= 15 is 0 Å². The molecule has 4 heteroatoms. The number of hydrogen-bond acceptors (Lipinski definition) is 4. The van der Waals surface area contributed by atoms with Crippen LogP contribution in [0.3, 0.4) is 0 Å². The summed E-state index contributed by atoms with van der Waals surface area (Å²) in [5, 5.41) is 3.39. The Balaban J connectivity index is 1.77. The molecule has 0 amide bonds. The Morgan fingerprint density at radius 2 is 1.71 bits per heavy atom. The topological polar surface area (TPSA) is 41.0 Å². The maximum atomic E-state index is 4.43. The van der Waals surface area contributed by atoms with Crippen LogP contribution in [0.15, 0.2) is 67.0 Å². The van der Waals surface area contributed by atoms with E-state index in [0.29, 0.717) is 0 Å². The van der Waals surface area contributed by atoms with E-state index in [-0.39, 0.29) is 0 Å². The summed E-state index contributed by atoms with van der Waals surface area (Å²) in [6.45, 7) is 5.84. The smallest absolute Gasteiger partial charge is 0.138 e. The fraction of sp³-hybridized carbons (Fsp3) is 0.200. The number of benzene rings is 2. The summed E-state index contributed by atoms with van der Waals surface area (Å²) in [5.41, 5.74) is 3.68. The Morgan fingerprint density at radius 3 is 2.46 bits per heavy atom. The number of hydrogen-bond donors (Lipinski definition) is 1. The van der Waals surface area contributed by atoms with E-state index in [1.54, 1.807) is 6.33 Å². The minimum atomic E-state index is 0.751. The third-order valence-corrected chi connectivity index (χ3v) is 4.03. The highest BCUT2D eigenvalue weighted by atomic mass is 15.2. The van der Waals surface area contributed by atoms with E-state index in [4.69, 9.17) is 0 Å². The van der Waals surface area contributed by atoms with Crippen molar-refractivity contribution in [2.75, 3.05) is 16.8 Å². The van der Waals surface area contributed by atoms with Gasteiger partial charge in [-0.15, -0.1) is 0 Å². The van der Waals surface area contributed by atoms with Gasteiger partial charge in [0.05, 0.1) is 0 Å². The summed E-state index contributed by atoms with van der Waals surface area (Å²) in [6, 6.07) is 20.6. The normalized spacial score (nSPS) is 10.4. The standard InChI is InChI=1S/C20H22N4/c1-3-24(18-11-5-4-6-12-18)20-13-19(22-15-23-20)21-14-17-10-8-7-9-16(17)2/h4-13,15H,3,14H2,1-2H3,(H,21,22,23). The lowest BCUT2D eigenvalue weighted by atomic mass is 10.1.